The van der Waals surface area contributed by atoms with Crippen molar-refractivity contribution in [3.8, 4) is 0 Å². The van der Waals surface area contributed by atoms with Crippen LogP contribution in [-0.2, 0) is 9.59 Å². The predicted molar refractivity (Wildman–Crippen MR) is 99.8 cm³/mol. The smallest absolute Gasteiger partial charge is 0.290 e. The second kappa shape index (κ2) is 6.72. The molecule has 128 valence electrons. The van der Waals surface area contributed by atoms with E-state index in [1.165, 1.54) is 11.8 Å². The second-order valence-electron chi connectivity index (χ2n) is 5.97. The van der Waals surface area contributed by atoms with E-state index in [0.29, 0.717) is 11.4 Å². The Morgan fingerprint density at radius 3 is 2.00 bits per heavy atom. The molecule has 6 heteroatoms. The number of imide groups is 1. The zero-order valence-electron chi connectivity index (χ0n) is 14.2. The molecular formula is C19H18N2O3S. The van der Waals surface area contributed by atoms with Gasteiger partial charge in [-0.1, -0.05) is 35.4 Å². The molecule has 0 saturated carbocycles. The van der Waals surface area contributed by atoms with Gasteiger partial charge in [-0.2, -0.15) is 0 Å². The van der Waals surface area contributed by atoms with E-state index in [1.807, 2.05) is 38.1 Å². The zero-order valence-corrected chi connectivity index (χ0v) is 15.0. The molecule has 2 aromatic rings. The van der Waals surface area contributed by atoms with Gasteiger partial charge in [-0.05, 0) is 49.9 Å². The van der Waals surface area contributed by atoms with E-state index in [-0.39, 0.29) is 11.1 Å². The van der Waals surface area contributed by atoms with Gasteiger partial charge in [-0.25, -0.2) is 4.90 Å². The summed E-state index contributed by atoms with van der Waals surface area (Å²) in [4.78, 5) is 40.0. The lowest BCUT2D eigenvalue weighted by Gasteiger charge is -2.25. The molecule has 25 heavy (non-hydrogen) atoms. The van der Waals surface area contributed by atoms with Gasteiger partial charge in [-0.15, -0.1) is 0 Å². The third kappa shape index (κ3) is 3.30. The largest absolute Gasteiger partial charge is 0.295 e. The van der Waals surface area contributed by atoms with Gasteiger partial charge < -0.3 is 0 Å². The van der Waals surface area contributed by atoms with Crippen LogP contribution in [-0.4, -0.2) is 22.4 Å². The summed E-state index contributed by atoms with van der Waals surface area (Å²) in [6, 6.07) is 14.5. The number of carbonyl (C=O) groups is 3. The van der Waals surface area contributed by atoms with E-state index >= 15 is 0 Å². The topological polar surface area (TPSA) is 57.7 Å². The van der Waals surface area contributed by atoms with Crippen molar-refractivity contribution in [3.05, 3.63) is 59.7 Å². The van der Waals surface area contributed by atoms with E-state index in [0.717, 1.165) is 27.8 Å². The van der Waals surface area contributed by atoms with E-state index in [2.05, 4.69) is 0 Å². The van der Waals surface area contributed by atoms with Crippen LogP contribution in [0.3, 0.4) is 0 Å². The molecular weight excluding hydrogens is 336 g/mol. The highest BCUT2D eigenvalue weighted by molar-refractivity contribution is 8.16. The van der Waals surface area contributed by atoms with Crippen molar-refractivity contribution < 1.29 is 14.4 Å². The van der Waals surface area contributed by atoms with E-state index in [1.54, 1.807) is 24.3 Å². The lowest BCUT2D eigenvalue weighted by Crippen LogP contribution is -2.44. The number of benzene rings is 2. The fourth-order valence-corrected chi connectivity index (χ4v) is 3.75. The Morgan fingerprint density at radius 1 is 0.960 bits per heavy atom. The molecule has 1 saturated heterocycles. The van der Waals surface area contributed by atoms with Crippen LogP contribution in [0.2, 0.25) is 0 Å². The van der Waals surface area contributed by atoms with Crippen LogP contribution < -0.4 is 9.80 Å². The minimum Gasteiger partial charge on any atom is -0.290 e. The van der Waals surface area contributed by atoms with Crippen LogP contribution in [0.1, 0.15) is 18.1 Å². The Balaban J connectivity index is 1.95. The molecule has 5 nitrogen and oxygen atoms in total. The SMILES string of the molecule is CC(=O)N(c1ccc(C)cc1)[C@@H]1SC(=O)N(c2ccc(C)cc2)C1=O. The first-order valence-electron chi connectivity index (χ1n) is 7.86. The molecule has 1 heterocycles. The fourth-order valence-electron chi connectivity index (χ4n) is 2.68. The Hall–Kier alpha value is -2.60. The molecule has 1 aliphatic rings. The van der Waals surface area contributed by atoms with Gasteiger partial charge >= 0.3 is 0 Å². The molecule has 0 unspecified atom stereocenters. The number of anilines is 2. The molecule has 0 aromatic heterocycles. The number of rotatable bonds is 3. The summed E-state index contributed by atoms with van der Waals surface area (Å²) in [5, 5.41) is -1.27. The van der Waals surface area contributed by atoms with E-state index < -0.39 is 11.3 Å². The third-order valence-electron chi connectivity index (χ3n) is 4.00. The number of nitrogens with zero attached hydrogens (tertiary/aromatic N) is 2. The molecule has 3 amide bonds. The summed E-state index contributed by atoms with van der Waals surface area (Å²) >= 11 is 0.859. The lowest BCUT2D eigenvalue weighted by molar-refractivity contribution is -0.121. The molecule has 0 aliphatic carbocycles. The Bertz CT molecular complexity index is 831. The van der Waals surface area contributed by atoms with E-state index in [4.69, 9.17) is 0 Å². The molecule has 3 rings (SSSR count). The Morgan fingerprint density at radius 2 is 1.48 bits per heavy atom. The van der Waals surface area contributed by atoms with Crippen molar-refractivity contribution in [2.75, 3.05) is 9.80 Å². The average Bonchev–Trinajstić information content (AvgIpc) is 2.85. The molecule has 0 spiro atoms. The number of hydrogen-bond donors (Lipinski definition) is 0. The summed E-state index contributed by atoms with van der Waals surface area (Å²) in [6.45, 7) is 5.27. The first kappa shape index (κ1) is 17.2. The normalized spacial score (nSPS) is 17.1. The summed E-state index contributed by atoms with van der Waals surface area (Å²) < 4.78 is 0. The molecule has 0 bridgehead atoms. The molecule has 1 atom stereocenters. The predicted octanol–water partition coefficient (Wildman–Crippen LogP) is 3.88. The van der Waals surface area contributed by atoms with Crippen molar-refractivity contribution in [1.29, 1.82) is 0 Å². The highest BCUT2D eigenvalue weighted by Crippen LogP contribution is 2.36. The maximum atomic E-state index is 12.9. The highest BCUT2D eigenvalue weighted by Gasteiger charge is 2.45. The zero-order chi connectivity index (χ0) is 18.1. The van der Waals surface area contributed by atoms with Crippen molar-refractivity contribution in [1.82, 2.24) is 0 Å². The van der Waals surface area contributed by atoms with Crippen LogP contribution >= 0.6 is 11.8 Å². The van der Waals surface area contributed by atoms with Crippen LogP contribution in [0.15, 0.2) is 48.5 Å². The maximum absolute atomic E-state index is 12.9. The number of aryl methyl sites for hydroxylation is 2. The van der Waals surface area contributed by atoms with Crippen molar-refractivity contribution in [3.63, 3.8) is 0 Å². The Labute approximate surface area is 150 Å². The van der Waals surface area contributed by atoms with Crippen molar-refractivity contribution in [2.45, 2.75) is 26.1 Å². The average molecular weight is 354 g/mol. The van der Waals surface area contributed by atoms with Gasteiger partial charge in [0.2, 0.25) is 5.91 Å². The standard InChI is InChI=1S/C19H18N2O3S/c1-12-4-8-15(9-5-12)20(14(3)22)18-17(23)21(19(24)25-18)16-10-6-13(2)7-11-16/h4-11,18H,1-3H3/t18-/m1/s1. The van der Waals surface area contributed by atoms with Crippen molar-refractivity contribution in [2.24, 2.45) is 0 Å². The fraction of sp³-hybridized carbons (Fsp3) is 0.211. The number of hydrogen-bond acceptors (Lipinski definition) is 4. The minimum atomic E-state index is -0.894. The monoisotopic (exact) mass is 354 g/mol. The highest BCUT2D eigenvalue weighted by atomic mass is 32.2. The quantitative estimate of drug-likeness (QED) is 0.839. The first-order chi connectivity index (χ1) is 11.9. The molecule has 0 radical (unpaired) electrons. The molecule has 1 aliphatic heterocycles. The number of thioether (sulfide) groups is 1. The van der Waals surface area contributed by atoms with Gasteiger partial charge in [0, 0.05) is 12.6 Å². The Kier molecular flexibility index (Phi) is 4.63. The summed E-state index contributed by atoms with van der Waals surface area (Å²) in [6.07, 6.45) is 0. The number of amides is 3. The second-order valence-corrected chi connectivity index (χ2v) is 7.00. The first-order valence-corrected chi connectivity index (χ1v) is 8.74. The van der Waals surface area contributed by atoms with Gasteiger partial charge in [0.15, 0.2) is 5.37 Å². The maximum Gasteiger partial charge on any atom is 0.295 e. The summed E-state index contributed by atoms with van der Waals surface area (Å²) in [5.41, 5.74) is 3.21. The molecule has 0 N–H and O–H groups in total. The van der Waals surface area contributed by atoms with Gasteiger partial charge in [-0.3, -0.25) is 19.3 Å². The number of carbonyl (C=O) groups excluding carboxylic acids is 3. The van der Waals surface area contributed by atoms with Gasteiger partial charge in [0.1, 0.15) is 0 Å². The summed E-state index contributed by atoms with van der Waals surface area (Å²) in [5.74, 6) is -0.692. The van der Waals surface area contributed by atoms with Crippen molar-refractivity contribution >= 4 is 40.2 Å². The van der Waals surface area contributed by atoms with Crippen LogP contribution in [0, 0.1) is 13.8 Å². The van der Waals surface area contributed by atoms with Crippen LogP contribution in [0.4, 0.5) is 16.2 Å². The van der Waals surface area contributed by atoms with Crippen LogP contribution in [0.25, 0.3) is 0 Å². The molecule has 2 aromatic carbocycles. The van der Waals surface area contributed by atoms with Crippen LogP contribution in [0.5, 0.6) is 0 Å². The minimum absolute atomic E-state index is 0.284. The lowest BCUT2D eigenvalue weighted by atomic mass is 10.2. The third-order valence-corrected chi connectivity index (χ3v) is 5.02. The summed E-state index contributed by atoms with van der Waals surface area (Å²) in [7, 11) is 0. The van der Waals surface area contributed by atoms with E-state index in [9.17, 15) is 14.4 Å². The van der Waals surface area contributed by atoms with Gasteiger partial charge in [0.05, 0.1) is 5.69 Å². The van der Waals surface area contributed by atoms with Gasteiger partial charge in [0.25, 0.3) is 11.1 Å². The molecule has 1 fully saturated rings.